The number of hydrogen-bond donors (Lipinski definition) is 4. The maximum atomic E-state index is 11.6. The lowest BCUT2D eigenvalue weighted by Gasteiger charge is -2.09. The van der Waals surface area contributed by atoms with Gasteiger partial charge in [0.2, 0.25) is 24.1 Å². The fraction of sp³-hybridized carbons (Fsp3) is 0.778. The van der Waals surface area contributed by atoms with Crippen LogP contribution in [0, 0.1) is 0 Å². The molecule has 0 spiro atoms. The van der Waals surface area contributed by atoms with E-state index in [0.29, 0.717) is 46.0 Å². The van der Waals surface area contributed by atoms with Gasteiger partial charge in [-0.15, -0.1) is 0 Å². The van der Waals surface area contributed by atoms with Gasteiger partial charge in [0.1, 0.15) is 12.8 Å². The molecule has 1 heterocycles. The molecule has 0 aromatic carbocycles. The number of carbonyl (C=O) groups is 4. The first-order valence-corrected chi connectivity index (χ1v) is 12.1. The molecular weight excluding hydrogens is 431 g/mol. The number of rotatable bonds is 19. The van der Waals surface area contributed by atoms with Crippen LogP contribution < -0.4 is 21.3 Å². The third-order valence-corrected chi connectivity index (χ3v) is 7.46. The maximum absolute atomic E-state index is 11.6. The minimum absolute atomic E-state index is 0.213. The van der Waals surface area contributed by atoms with E-state index in [4.69, 9.17) is 18.5 Å². The van der Waals surface area contributed by atoms with Crippen molar-refractivity contribution in [3.8, 4) is 0 Å². The molecule has 1 saturated heterocycles. The summed E-state index contributed by atoms with van der Waals surface area (Å²) in [6.45, 7) is 5.88. The number of hydrogen-bond acceptors (Lipinski definition) is 8. The molecule has 0 radical (unpaired) electrons. The van der Waals surface area contributed by atoms with Crippen LogP contribution in [0.4, 0.5) is 0 Å². The molecular formula is C18H34N4O8P+. The van der Waals surface area contributed by atoms with Crippen LogP contribution in [0.15, 0.2) is 0 Å². The first-order chi connectivity index (χ1) is 14.9. The van der Waals surface area contributed by atoms with Gasteiger partial charge in [0.15, 0.2) is 0 Å². The van der Waals surface area contributed by atoms with Crippen molar-refractivity contribution in [1.82, 2.24) is 21.3 Å². The summed E-state index contributed by atoms with van der Waals surface area (Å²) in [5, 5.41) is 9.42. The maximum Gasteiger partial charge on any atom is 0.313 e. The Labute approximate surface area is 182 Å². The number of nitrogens with one attached hydrogen (secondary N) is 4. The lowest BCUT2D eigenvalue weighted by Crippen LogP contribution is -2.44. The average Bonchev–Trinajstić information content (AvgIpc) is 3.39. The van der Waals surface area contributed by atoms with Gasteiger partial charge in [0.25, 0.3) is 5.85 Å². The summed E-state index contributed by atoms with van der Waals surface area (Å²) in [6.07, 6.45) is 2.42. The zero-order valence-corrected chi connectivity index (χ0v) is 19.0. The fourth-order valence-electron chi connectivity index (χ4n) is 2.49. The zero-order valence-electron chi connectivity index (χ0n) is 18.1. The van der Waals surface area contributed by atoms with Crippen molar-refractivity contribution in [1.29, 1.82) is 0 Å². The van der Waals surface area contributed by atoms with E-state index in [0.717, 1.165) is 12.6 Å². The highest BCUT2D eigenvalue weighted by molar-refractivity contribution is 7.72. The molecule has 2 atom stereocenters. The third-order valence-electron chi connectivity index (χ3n) is 4.09. The number of carbonyl (C=O) groups excluding carboxylic acids is 4. The Morgan fingerprint density at radius 1 is 0.903 bits per heavy atom. The highest BCUT2D eigenvalue weighted by atomic mass is 31.2. The Balaban J connectivity index is 1.88. The Bertz CT molecular complexity index is 583. The summed E-state index contributed by atoms with van der Waals surface area (Å²) >= 11 is 0. The van der Waals surface area contributed by atoms with E-state index in [1.807, 2.05) is 6.92 Å². The van der Waals surface area contributed by atoms with Gasteiger partial charge in [-0.25, -0.2) is 4.52 Å². The van der Waals surface area contributed by atoms with Crippen LogP contribution in [0.25, 0.3) is 0 Å². The van der Waals surface area contributed by atoms with Crippen molar-refractivity contribution >= 4 is 31.8 Å². The molecule has 1 aliphatic heterocycles. The van der Waals surface area contributed by atoms with E-state index < -0.39 is 19.5 Å². The molecule has 178 valence electrons. The first-order valence-electron chi connectivity index (χ1n) is 10.3. The predicted octanol–water partition coefficient (Wildman–Crippen LogP) is -1.24. The van der Waals surface area contributed by atoms with Crippen LogP contribution in [-0.2, 0) is 37.7 Å². The molecule has 0 saturated carbocycles. The highest BCUT2D eigenvalue weighted by Gasteiger charge is 2.66. The van der Waals surface area contributed by atoms with Crippen LogP contribution in [-0.4, -0.2) is 95.4 Å². The van der Waals surface area contributed by atoms with Gasteiger partial charge in [0.05, 0.1) is 46.1 Å². The van der Waals surface area contributed by atoms with Crippen LogP contribution in [0.5, 0.6) is 0 Å². The predicted molar refractivity (Wildman–Crippen MR) is 113 cm³/mol. The van der Waals surface area contributed by atoms with Gasteiger partial charge in [0, 0.05) is 13.5 Å². The van der Waals surface area contributed by atoms with Gasteiger partial charge >= 0.3 is 7.72 Å². The van der Waals surface area contributed by atoms with Crippen molar-refractivity contribution in [2.75, 3.05) is 65.4 Å². The van der Waals surface area contributed by atoms with E-state index in [-0.39, 0.29) is 31.4 Å². The normalized spacial score (nSPS) is 19.4. The zero-order chi connectivity index (χ0) is 23.0. The monoisotopic (exact) mass is 465 g/mol. The van der Waals surface area contributed by atoms with E-state index in [1.54, 1.807) is 0 Å². The Morgan fingerprint density at radius 3 is 2.03 bits per heavy atom. The second kappa shape index (κ2) is 15.9. The number of amides is 4. The molecule has 1 aliphatic rings. The molecule has 1 fully saturated rings. The lowest BCUT2D eigenvalue weighted by atomic mass is 10.5. The van der Waals surface area contributed by atoms with Gasteiger partial charge in [-0.1, -0.05) is 6.92 Å². The summed E-state index contributed by atoms with van der Waals surface area (Å²) < 4.78 is 22.3. The first kappa shape index (κ1) is 27.2. The largest absolute Gasteiger partial charge is 0.377 e. The summed E-state index contributed by atoms with van der Waals surface area (Å²) in [5.74, 6) is -1.15. The molecule has 4 N–H and O–H groups in total. The summed E-state index contributed by atoms with van der Waals surface area (Å²) in [7, 11) is -1.60. The van der Waals surface area contributed by atoms with Crippen LogP contribution in [0.2, 0.25) is 0 Å². The van der Waals surface area contributed by atoms with Gasteiger partial charge < -0.3 is 30.7 Å². The highest BCUT2D eigenvalue weighted by Crippen LogP contribution is 2.80. The fourth-order valence-corrected chi connectivity index (χ4v) is 5.15. The van der Waals surface area contributed by atoms with E-state index >= 15 is 0 Å². The standard InChI is InChI=1S/C18H33N4O8P/c1-3-10-31(15(2)30-31)29-9-8-28-7-6-27-5-4-20-17(25)12-22-18(26)13-21-16(24)11-19-14-23/h14-15H,3-13H2,1-2H3,(H3-,19,20,21,22,23,24,25,26)/p+1. The van der Waals surface area contributed by atoms with Crippen molar-refractivity contribution in [2.45, 2.75) is 26.1 Å². The summed E-state index contributed by atoms with van der Waals surface area (Å²) in [5.41, 5.74) is 0. The van der Waals surface area contributed by atoms with Gasteiger partial charge in [-0.05, 0) is 6.42 Å². The Hall–Kier alpha value is -1.85. The minimum Gasteiger partial charge on any atom is -0.377 e. The SMILES string of the molecule is CCC[P+]1(OCCOCCOCCNC(=O)CNC(=O)CNC(=O)CNC=O)OC1C. The van der Waals surface area contributed by atoms with Crippen molar-refractivity contribution < 1.29 is 37.7 Å². The van der Waals surface area contributed by atoms with E-state index in [9.17, 15) is 19.2 Å². The van der Waals surface area contributed by atoms with Gasteiger partial charge in [-0.2, -0.15) is 4.52 Å². The molecule has 13 heteroatoms. The third kappa shape index (κ3) is 12.6. The quantitative estimate of drug-likeness (QED) is 0.0799. The summed E-state index contributed by atoms with van der Waals surface area (Å²) in [4.78, 5) is 44.4. The molecule has 1 rings (SSSR count). The Kier molecular flexibility index (Phi) is 13.9. The number of ether oxygens (including phenoxy) is 2. The minimum atomic E-state index is -1.60. The molecule has 0 aliphatic carbocycles. The van der Waals surface area contributed by atoms with Crippen molar-refractivity contribution in [3.63, 3.8) is 0 Å². The smallest absolute Gasteiger partial charge is 0.313 e. The second-order valence-electron chi connectivity index (χ2n) is 6.61. The lowest BCUT2D eigenvalue weighted by molar-refractivity contribution is -0.127. The topological polar surface area (TPSA) is 157 Å². The van der Waals surface area contributed by atoms with Crippen molar-refractivity contribution in [2.24, 2.45) is 0 Å². The molecule has 12 nitrogen and oxygen atoms in total. The second-order valence-corrected chi connectivity index (χ2v) is 9.71. The van der Waals surface area contributed by atoms with Crippen molar-refractivity contribution in [3.05, 3.63) is 0 Å². The summed E-state index contributed by atoms with van der Waals surface area (Å²) in [6, 6.07) is 0. The van der Waals surface area contributed by atoms with Crippen LogP contribution >= 0.6 is 7.72 Å². The molecule has 0 bridgehead atoms. The molecule has 4 amide bonds. The molecule has 0 aromatic rings. The molecule has 2 unspecified atom stereocenters. The van der Waals surface area contributed by atoms with E-state index in [1.165, 1.54) is 0 Å². The average molecular weight is 465 g/mol. The van der Waals surface area contributed by atoms with Gasteiger partial charge in [-0.3, -0.25) is 19.2 Å². The Morgan fingerprint density at radius 2 is 1.45 bits per heavy atom. The molecule has 31 heavy (non-hydrogen) atoms. The molecule has 0 aromatic heterocycles. The van der Waals surface area contributed by atoms with E-state index in [2.05, 4.69) is 28.2 Å². The van der Waals surface area contributed by atoms with Crippen LogP contribution in [0.1, 0.15) is 20.3 Å². The van der Waals surface area contributed by atoms with Crippen LogP contribution in [0.3, 0.4) is 0 Å².